The second kappa shape index (κ2) is 5.30. The lowest BCUT2D eigenvalue weighted by Gasteiger charge is -2.35. The molecule has 0 bridgehead atoms. The van der Waals surface area contributed by atoms with Crippen LogP contribution < -0.4 is 5.73 Å². The molecule has 0 fully saturated rings. The van der Waals surface area contributed by atoms with Gasteiger partial charge in [0.25, 0.3) is 0 Å². The van der Waals surface area contributed by atoms with Crippen molar-refractivity contribution in [3.8, 4) is 0 Å². The highest BCUT2D eigenvalue weighted by Crippen LogP contribution is 2.34. The average Bonchev–Trinajstić information content (AvgIpc) is 2.83. The van der Waals surface area contributed by atoms with E-state index in [1.165, 1.54) is 4.90 Å². The molecule has 3 N–H and O–H groups in total. The molecule has 1 aliphatic heterocycles. The van der Waals surface area contributed by atoms with Gasteiger partial charge in [-0.2, -0.15) is 0 Å². The maximum atomic E-state index is 12.4. The van der Waals surface area contributed by atoms with Crippen LogP contribution in [0.15, 0.2) is 11.4 Å². The number of carbonyl (C=O) groups is 2. The molecule has 0 aliphatic carbocycles. The minimum absolute atomic E-state index is 0.181. The van der Waals surface area contributed by atoms with Crippen molar-refractivity contribution < 1.29 is 14.7 Å². The summed E-state index contributed by atoms with van der Waals surface area (Å²) in [6.45, 7) is 3.95. The molecule has 5 nitrogen and oxygen atoms in total. The number of hydrogen-bond donors (Lipinski definition) is 2. The number of nitrogens with two attached hydrogens (primary N) is 1. The van der Waals surface area contributed by atoms with Gasteiger partial charge in [-0.25, -0.2) is 4.79 Å². The first kappa shape index (κ1) is 14.0. The predicted octanol–water partition coefficient (Wildman–Crippen LogP) is 1.24. The Morgan fingerprint density at radius 2 is 2.21 bits per heavy atom. The number of fused-ring (bicyclic) bond motifs is 1. The Morgan fingerprint density at radius 1 is 1.53 bits per heavy atom. The van der Waals surface area contributed by atoms with Crippen molar-refractivity contribution >= 4 is 23.2 Å². The van der Waals surface area contributed by atoms with Gasteiger partial charge in [-0.05, 0) is 30.4 Å². The predicted molar refractivity (Wildman–Crippen MR) is 72.9 cm³/mol. The lowest BCUT2D eigenvalue weighted by molar-refractivity contribution is -0.153. The average molecular weight is 282 g/mol. The van der Waals surface area contributed by atoms with Gasteiger partial charge in [-0.3, -0.25) is 4.79 Å². The molecule has 1 amide bonds. The van der Waals surface area contributed by atoms with E-state index in [4.69, 9.17) is 5.73 Å². The fourth-order valence-electron chi connectivity index (χ4n) is 2.31. The number of hydrogen-bond acceptors (Lipinski definition) is 4. The first-order valence-electron chi connectivity index (χ1n) is 6.28. The quantitative estimate of drug-likeness (QED) is 0.873. The number of carboxylic acid groups (broad SMARTS) is 1. The summed E-state index contributed by atoms with van der Waals surface area (Å²) in [5.74, 6) is -1.54. The molecule has 19 heavy (non-hydrogen) atoms. The van der Waals surface area contributed by atoms with Crippen LogP contribution >= 0.6 is 11.3 Å². The van der Waals surface area contributed by atoms with Crippen molar-refractivity contribution in [2.75, 3.05) is 6.54 Å². The van der Waals surface area contributed by atoms with Crippen LogP contribution in [-0.4, -0.2) is 34.5 Å². The Morgan fingerprint density at radius 3 is 2.79 bits per heavy atom. The van der Waals surface area contributed by atoms with Crippen molar-refractivity contribution in [2.45, 2.75) is 32.4 Å². The summed E-state index contributed by atoms with van der Waals surface area (Å²) >= 11 is 1.55. The Kier molecular flexibility index (Phi) is 3.91. The molecule has 2 heterocycles. The molecule has 1 aliphatic rings. The fraction of sp³-hybridized carbons (Fsp3) is 0.538. The number of carboxylic acids is 1. The van der Waals surface area contributed by atoms with Gasteiger partial charge in [0.2, 0.25) is 5.91 Å². The summed E-state index contributed by atoms with van der Waals surface area (Å²) in [6.07, 6.45) is 0.716. The van der Waals surface area contributed by atoms with Crippen LogP contribution in [0.1, 0.15) is 30.3 Å². The number of rotatable bonds is 3. The van der Waals surface area contributed by atoms with Gasteiger partial charge in [0, 0.05) is 17.5 Å². The number of thiophene rings is 1. The monoisotopic (exact) mass is 282 g/mol. The molecule has 2 rings (SSSR count). The van der Waals surface area contributed by atoms with Gasteiger partial charge in [0.1, 0.15) is 0 Å². The first-order valence-corrected chi connectivity index (χ1v) is 7.16. The maximum absolute atomic E-state index is 12.4. The molecular weight excluding hydrogens is 264 g/mol. The standard InChI is InChI=1S/C13H18N2O3S/c1-7(8(2)14)12(16)15-5-3-10-9(4-6-19-10)11(15)13(17)18/h4,6-8,11H,3,5,14H2,1-2H3,(H,17,18). The Bertz CT molecular complexity index is 498. The highest BCUT2D eigenvalue weighted by molar-refractivity contribution is 7.10. The molecule has 0 saturated carbocycles. The van der Waals surface area contributed by atoms with Crippen LogP contribution in [0.25, 0.3) is 0 Å². The van der Waals surface area contributed by atoms with Crippen molar-refractivity contribution in [3.63, 3.8) is 0 Å². The molecule has 0 aromatic carbocycles. The highest BCUT2D eigenvalue weighted by Gasteiger charge is 2.38. The van der Waals surface area contributed by atoms with Crippen LogP contribution in [0.5, 0.6) is 0 Å². The molecule has 1 aromatic heterocycles. The molecular formula is C13H18N2O3S. The van der Waals surface area contributed by atoms with Crippen LogP contribution in [-0.2, 0) is 16.0 Å². The zero-order chi connectivity index (χ0) is 14.2. The SMILES string of the molecule is CC(N)C(C)C(=O)N1CCc2sccc2C1C(=O)O. The molecule has 0 spiro atoms. The van der Waals surface area contributed by atoms with Gasteiger partial charge in [-0.15, -0.1) is 11.3 Å². The molecule has 0 saturated heterocycles. The van der Waals surface area contributed by atoms with Gasteiger partial charge < -0.3 is 15.7 Å². The Balaban J connectivity index is 2.32. The minimum atomic E-state index is -0.982. The summed E-state index contributed by atoms with van der Waals surface area (Å²) < 4.78 is 0. The van der Waals surface area contributed by atoms with Crippen LogP contribution in [0, 0.1) is 5.92 Å². The van der Waals surface area contributed by atoms with E-state index in [-0.39, 0.29) is 17.9 Å². The third-order valence-electron chi connectivity index (χ3n) is 3.66. The number of aliphatic carboxylic acids is 1. The summed E-state index contributed by atoms with van der Waals surface area (Å²) in [6, 6.07) is 0.643. The largest absolute Gasteiger partial charge is 0.479 e. The Hall–Kier alpha value is -1.40. The summed E-state index contributed by atoms with van der Waals surface area (Å²) in [5.41, 5.74) is 6.49. The molecule has 1 aromatic rings. The molecule has 3 unspecified atom stereocenters. The van der Waals surface area contributed by atoms with E-state index in [0.717, 1.165) is 10.4 Å². The lowest BCUT2D eigenvalue weighted by Crippen LogP contribution is -2.48. The first-order chi connectivity index (χ1) is 8.93. The van der Waals surface area contributed by atoms with Crippen molar-refractivity contribution in [1.29, 1.82) is 0 Å². The van der Waals surface area contributed by atoms with E-state index in [0.29, 0.717) is 13.0 Å². The summed E-state index contributed by atoms with van der Waals surface area (Å²) in [5, 5.41) is 11.3. The third kappa shape index (κ3) is 2.50. The zero-order valence-electron chi connectivity index (χ0n) is 11.0. The summed E-state index contributed by atoms with van der Waals surface area (Å²) in [7, 11) is 0. The smallest absolute Gasteiger partial charge is 0.331 e. The second-order valence-electron chi connectivity index (χ2n) is 4.97. The van der Waals surface area contributed by atoms with Gasteiger partial charge >= 0.3 is 5.97 Å². The minimum Gasteiger partial charge on any atom is -0.479 e. The summed E-state index contributed by atoms with van der Waals surface area (Å²) in [4.78, 5) is 26.4. The van der Waals surface area contributed by atoms with E-state index < -0.39 is 12.0 Å². The molecule has 104 valence electrons. The van der Waals surface area contributed by atoms with E-state index in [1.54, 1.807) is 31.3 Å². The van der Waals surface area contributed by atoms with Crippen LogP contribution in [0.4, 0.5) is 0 Å². The second-order valence-corrected chi connectivity index (χ2v) is 5.97. The van der Waals surface area contributed by atoms with E-state index in [9.17, 15) is 14.7 Å². The Labute approximate surface area is 116 Å². The topological polar surface area (TPSA) is 83.6 Å². The number of carbonyl (C=O) groups excluding carboxylic acids is 1. The van der Waals surface area contributed by atoms with Crippen molar-refractivity contribution in [3.05, 3.63) is 21.9 Å². The molecule has 0 radical (unpaired) electrons. The van der Waals surface area contributed by atoms with Crippen molar-refractivity contribution in [1.82, 2.24) is 4.90 Å². The number of amides is 1. The maximum Gasteiger partial charge on any atom is 0.331 e. The molecule has 6 heteroatoms. The van der Waals surface area contributed by atoms with Gasteiger partial charge in [-0.1, -0.05) is 6.92 Å². The van der Waals surface area contributed by atoms with E-state index in [2.05, 4.69) is 0 Å². The van der Waals surface area contributed by atoms with Gasteiger partial charge in [0.15, 0.2) is 6.04 Å². The third-order valence-corrected chi connectivity index (χ3v) is 4.66. The highest BCUT2D eigenvalue weighted by atomic mass is 32.1. The molecule has 3 atom stereocenters. The number of nitrogens with zero attached hydrogens (tertiary/aromatic N) is 1. The van der Waals surface area contributed by atoms with Crippen LogP contribution in [0.3, 0.4) is 0 Å². The van der Waals surface area contributed by atoms with Crippen LogP contribution in [0.2, 0.25) is 0 Å². The van der Waals surface area contributed by atoms with Gasteiger partial charge in [0.05, 0.1) is 5.92 Å². The zero-order valence-corrected chi connectivity index (χ0v) is 11.8. The lowest BCUT2D eigenvalue weighted by atomic mass is 9.96. The van der Waals surface area contributed by atoms with Crippen molar-refractivity contribution in [2.24, 2.45) is 11.7 Å². The van der Waals surface area contributed by atoms with E-state index in [1.807, 2.05) is 5.38 Å². The normalized spacial score (nSPS) is 21.6. The van der Waals surface area contributed by atoms with E-state index >= 15 is 0 Å². The fourth-order valence-corrected chi connectivity index (χ4v) is 3.21.